The van der Waals surface area contributed by atoms with E-state index in [4.69, 9.17) is 4.74 Å². The van der Waals surface area contributed by atoms with Crippen molar-refractivity contribution in [2.75, 3.05) is 13.1 Å². The minimum absolute atomic E-state index is 0.112. The molecule has 2 aliphatic heterocycles. The van der Waals surface area contributed by atoms with Crippen molar-refractivity contribution in [3.05, 3.63) is 0 Å². The lowest BCUT2D eigenvalue weighted by molar-refractivity contribution is -0.131. The molecular formula is C16H31NO2. The van der Waals surface area contributed by atoms with Gasteiger partial charge in [-0.1, -0.05) is 0 Å². The molecule has 0 bridgehead atoms. The van der Waals surface area contributed by atoms with Crippen molar-refractivity contribution >= 4 is 0 Å². The van der Waals surface area contributed by atoms with E-state index in [2.05, 4.69) is 46.4 Å². The van der Waals surface area contributed by atoms with Crippen molar-refractivity contribution in [2.45, 2.75) is 83.6 Å². The Bertz CT molecular complexity index is 328. The van der Waals surface area contributed by atoms with E-state index in [0.29, 0.717) is 6.04 Å². The largest absolute Gasteiger partial charge is 0.389 e. The molecule has 0 aromatic heterocycles. The molecule has 2 rings (SSSR count). The summed E-state index contributed by atoms with van der Waals surface area (Å²) in [6.45, 7) is 15.0. The van der Waals surface area contributed by atoms with Crippen LogP contribution in [-0.2, 0) is 4.74 Å². The predicted molar refractivity (Wildman–Crippen MR) is 78.2 cm³/mol. The van der Waals surface area contributed by atoms with Crippen LogP contribution < -0.4 is 0 Å². The molecule has 0 amide bonds. The maximum absolute atomic E-state index is 11.1. The summed E-state index contributed by atoms with van der Waals surface area (Å²) in [6.07, 6.45) is 2.70. The van der Waals surface area contributed by atoms with Gasteiger partial charge in [0.2, 0.25) is 0 Å². The smallest absolute Gasteiger partial charge is 0.0728 e. The Kier molecular flexibility index (Phi) is 3.79. The van der Waals surface area contributed by atoms with E-state index in [1.165, 1.54) is 0 Å². The van der Waals surface area contributed by atoms with Crippen LogP contribution in [0.3, 0.4) is 0 Å². The highest BCUT2D eigenvalue weighted by molar-refractivity contribution is 5.05. The zero-order valence-electron chi connectivity index (χ0n) is 13.5. The van der Waals surface area contributed by atoms with Gasteiger partial charge in [0.25, 0.3) is 0 Å². The molecule has 2 saturated heterocycles. The van der Waals surface area contributed by atoms with Crippen molar-refractivity contribution in [3.8, 4) is 0 Å². The zero-order valence-corrected chi connectivity index (χ0v) is 13.5. The van der Waals surface area contributed by atoms with Gasteiger partial charge in [0.1, 0.15) is 0 Å². The first-order valence-electron chi connectivity index (χ1n) is 7.72. The Morgan fingerprint density at radius 1 is 1.11 bits per heavy atom. The summed E-state index contributed by atoms with van der Waals surface area (Å²) in [5, 5.41) is 11.1. The summed E-state index contributed by atoms with van der Waals surface area (Å²) in [5.74, 6) is 0.240. The molecule has 1 N–H and O–H groups in total. The molecule has 0 saturated carbocycles. The van der Waals surface area contributed by atoms with Crippen molar-refractivity contribution in [3.63, 3.8) is 0 Å². The summed E-state index contributed by atoms with van der Waals surface area (Å²) in [5.41, 5.74) is -0.889. The van der Waals surface area contributed by atoms with Gasteiger partial charge in [0.05, 0.1) is 16.8 Å². The Hall–Kier alpha value is -0.120. The maximum Gasteiger partial charge on any atom is 0.0728 e. The molecule has 0 aromatic rings. The van der Waals surface area contributed by atoms with Gasteiger partial charge in [-0.2, -0.15) is 0 Å². The van der Waals surface area contributed by atoms with Crippen LogP contribution in [0.15, 0.2) is 0 Å². The van der Waals surface area contributed by atoms with Crippen LogP contribution in [-0.4, -0.2) is 45.9 Å². The molecule has 3 heteroatoms. The average molecular weight is 269 g/mol. The highest BCUT2D eigenvalue weighted by atomic mass is 16.5. The summed E-state index contributed by atoms with van der Waals surface area (Å²) < 4.78 is 6.17. The maximum atomic E-state index is 11.1. The Labute approximate surface area is 118 Å². The second kappa shape index (κ2) is 4.71. The lowest BCUT2D eigenvalue weighted by Crippen LogP contribution is -2.54. The van der Waals surface area contributed by atoms with Crippen LogP contribution in [0.5, 0.6) is 0 Å². The lowest BCUT2D eigenvalue weighted by atomic mass is 9.70. The monoisotopic (exact) mass is 269 g/mol. The minimum Gasteiger partial charge on any atom is -0.389 e. The number of rotatable bonds is 2. The van der Waals surface area contributed by atoms with Crippen LogP contribution in [0.25, 0.3) is 0 Å². The molecule has 1 atom stereocenters. The van der Waals surface area contributed by atoms with Crippen molar-refractivity contribution in [1.82, 2.24) is 4.90 Å². The molecule has 0 aromatic carbocycles. The second-order valence-electron chi connectivity index (χ2n) is 7.96. The molecular weight excluding hydrogens is 238 g/mol. The summed E-state index contributed by atoms with van der Waals surface area (Å²) in [7, 11) is 0. The normalized spacial score (nSPS) is 33.8. The second-order valence-corrected chi connectivity index (χ2v) is 7.96. The van der Waals surface area contributed by atoms with Gasteiger partial charge in [-0.3, -0.25) is 0 Å². The number of hydrogen-bond donors (Lipinski definition) is 1. The van der Waals surface area contributed by atoms with Crippen LogP contribution in [0.4, 0.5) is 0 Å². The number of likely N-dealkylation sites (tertiary alicyclic amines) is 1. The number of hydrogen-bond acceptors (Lipinski definition) is 3. The number of ether oxygens (including phenoxy) is 1. The summed E-state index contributed by atoms with van der Waals surface area (Å²) in [6, 6.07) is 0.578. The molecule has 0 radical (unpaired) electrons. The third-order valence-electron chi connectivity index (χ3n) is 5.12. The average Bonchev–Trinajstić information content (AvgIpc) is 2.48. The standard InChI is InChI=1S/C16H31NO2/c1-12(2)17-9-7-16(18,8-10-17)13-11-14(3,4)19-15(13,5)6/h12-13,18H,7-11H2,1-6H3. The van der Waals surface area contributed by atoms with Gasteiger partial charge in [-0.15, -0.1) is 0 Å². The fourth-order valence-electron chi connectivity index (χ4n) is 4.18. The van der Waals surface area contributed by atoms with Gasteiger partial charge >= 0.3 is 0 Å². The molecule has 1 unspecified atom stereocenters. The summed E-state index contributed by atoms with van der Waals surface area (Å²) in [4.78, 5) is 2.46. The number of nitrogens with zero attached hydrogens (tertiary/aromatic N) is 1. The Morgan fingerprint density at radius 3 is 2.00 bits per heavy atom. The fourth-order valence-corrected chi connectivity index (χ4v) is 4.18. The van der Waals surface area contributed by atoms with Crippen LogP contribution in [0, 0.1) is 5.92 Å². The van der Waals surface area contributed by atoms with E-state index >= 15 is 0 Å². The van der Waals surface area contributed by atoms with Gasteiger partial charge < -0.3 is 14.7 Å². The van der Waals surface area contributed by atoms with Gasteiger partial charge in [-0.05, 0) is 60.8 Å². The molecule has 0 spiro atoms. The third kappa shape index (κ3) is 2.98. The first-order chi connectivity index (χ1) is 8.56. The van der Waals surface area contributed by atoms with Crippen molar-refractivity contribution in [1.29, 1.82) is 0 Å². The number of aliphatic hydroxyl groups is 1. The molecule has 112 valence electrons. The molecule has 2 heterocycles. The van der Waals surface area contributed by atoms with Crippen molar-refractivity contribution < 1.29 is 9.84 Å². The Balaban J connectivity index is 2.10. The SMILES string of the molecule is CC(C)N1CCC(O)(C2CC(C)(C)OC2(C)C)CC1. The third-order valence-corrected chi connectivity index (χ3v) is 5.12. The lowest BCUT2D eigenvalue weighted by Gasteiger charge is -2.46. The van der Waals surface area contributed by atoms with E-state index in [0.717, 1.165) is 32.4 Å². The molecule has 19 heavy (non-hydrogen) atoms. The number of piperidine rings is 1. The first-order valence-corrected chi connectivity index (χ1v) is 7.72. The van der Waals surface area contributed by atoms with E-state index in [9.17, 15) is 5.11 Å². The Morgan fingerprint density at radius 2 is 1.63 bits per heavy atom. The first kappa shape index (κ1) is 15.3. The zero-order chi connectivity index (χ0) is 14.5. The van der Waals surface area contributed by atoms with Gasteiger partial charge in [-0.25, -0.2) is 0 Å². The topological polar surface area (TPSA) is 32.7 Å². The highest BCUT2D eigenvalue weighted by Crippen LogP contribution is 2.49. The van der Waals surface area contributed by atoms with Crippen LogP contribution in [0.1, 0.15) is 60.8 Å². The highest BCUT2D eigenvalue weighted by Gasteiger charge is 2.55. The van der Waals surface area contributed by atoms with Crippen molar-refractivity contribution in [2.24, 2.45) is 5.92 Å². The molecule has 2 aliphatic rings. The molecule has 3 nitrogen and oxygen atoms in total. The molecule has 0 aliphatic carbocycles. The van der Waals surface area contributed by atoms with Crippen LogP contribution in [0.2, 0.25) is 0 Å². The van der Waals surface area contributed by atoms with Gasteiger partial charge in [0.15, 0.2) is 0 Å². The van der Waals surface area contributed by atoms with E-state index < -0.39 is 5.60 Å². The predicted octanol–water partition coefficient (Wildman–Crippen LogP) is 2.82. The fraction of sp³-hybridized carbons (Fsp3) is 1.00. The molecule has 2 fully saturated rings. The summed E-state index contributed by atoms with van der Waals surface area (Å²) >= 11 is 0. The van der Waals surface area contributed by atoms with E-state index in [1.807, 2.05) is 0 Å². The van der Waals surface area contributed by atoms with Gasteiger partial charge in [0, 0.05) is 25.0 Å². The minimum atomic E-state index is -0.553. The van der Waals surface area contributed by atoms with Crippen LogP contribution >= 0.6 is 0 Å². The van der Waals surface area contributed by atoms with E-state index in [-0.39, 0.29) is 17.1 Å². The van der Waals surface area contributed by atoms with E-state index in [1.54, 1.807) is 0 Å². The quantitative estimate of drug-likeness (QED) is 0.836.